The summed E-state index contributed by atoms with van der Waals surface area (Å²) in [4.78, 5) is 14.0. The van der Waals surface area contributed by atoms with Gasteiger partial charge in [0.05, 0.1) is 4.90 Å². The summed E-state index contributed by atoms with van der Waals surface area (Å²) < 4.78 is 29.0. The Morgan fingerprint density at radius 3 is 2.19 bits per heavy atom. The SMILES string of the molecule is CC(C)Nc1nc(NCC2CCC(CNS(=O)(=O)c3cccc4ccccc34)CC2)nc(NC2CC2)n1. The van der Waals surface area contributed by atoms with Crippen molar-refractivity contribution in [3.05, 3.63) is 42.5 Å². The Morgan fingerprint density at radius 2 is 1.46 bits per heavy atom. The fraction of sp³-hybridized carbons (Fsp3) is 0.519. The highest BCUT2D eigenvalue weighted by atomic mass is 32.2. The van der Waals surface area contributed by atoms with Crippen LogP contribution in [0.2, 0.25) is 0 Å². The predicted molar refractivity (Wildman–Crippen MR) is 148 cm³/mol. The third kappa shape index (κ3) is 6.87. The molecule has 198 valence electrons. The van der Waals surface area contributed by atoms with Crippen LogP contribution in [-0.2, 0) is 10.0 Å². The van der Waals surface area contributed by atoms with E-state index in [1.807, 2.05) is 30.3 Å². The van der Waals surface area contributed by atoms with Crippen molar-refractivity contribution in [3.8, 4) is 0 Å². The lowest BCUT2D eigenvalue weighted by atomic mass is 9.82. The molecule has 0 spiro atoms. The third-order valence-corrected chi connectivity index (χ3v) is 8.56. The number of benzene rings is 2. The molecule has 2 aliphatic carbocycles. The lowest BCUT2D eigenvalue weighted by Crippen LogP contribution is -2.32. The van der Waals surface area contributed by atoms with Crippen molar-refractivity contribution in [2.24, 2.45) is 11.8 Å². The van der Waals surface area contributed by atoms with Crippen LogP contribution in [0, 0.1) is 11.8 Å². The van der Waals surface area contributed by atoms with Gasteiger partial charge in [-0.15, -0.1) is 0 Å². The van der Waals surface area contributed by atoms with E-state index in [9.17, 15) is 8.42 Å². The van der Waals surface area contributed by atoms with E-state index in [1.54, 1.807) is 12.1 Å². The summed E-state index contributed by atoms with van der Waals surface area (Å²) >= 11 is 0. The molecule has 0 atom stereocenters. The molecule has 4 N–H and O–H groups in total. The zero-order chi connectivity index (χ0) is 25.8. The van der Waals surface area contributed by atoms with Gasteiger partial charge in [-0.2, -0.15) is 15.0 Å². The van der Waals surface area contributed by atoms with Crippen molar-refractivity contribution in [1.82, 2.24) is 19.7 Å². The van der Waals surface area contributed by atoms with E-state index in [0.717, 1.165) is 55.8 Å². The van der Waals surface area contributed by atoms with Gasteiger partial charge in [0, 0.05) is 30.6 Å². The largest absolute Gasteiger partial charge is 0.354 e. The molecule has 10 heteroatoms. The first-order valence-corrected chi connectivity index (χ1v) is 14.8. The molecule has 2 aliphatic rings. The van der Waals surface area contributed by atoms with E-state index in [1.165, 1.54) is 0 Å². The summed E-state index contributed by atoms with van der Waals surface area (Å²) in [6, 6.07) is 13.7. The molecule has 3 aromatic rings. The number of sulfonamides is 1. The minimum Gasteiger partial charge on any atom is -0.354 e. The number of fused-ring (bicyclic) bond motifs is 1. The van der Waals surface area contributed by atoms with Gasteiger partial charge in [0.25, 0.3) is 0 Å². The molecule has 2 fully saturated rings. The van der Waals surface area contributed by atoms with Crippen LogP contribution in [-0.4, -0.2) is 48.5 Å². The van der Waals surface area contributed by atoms with Crippen molar-refractivity contribution in [2.75, 3.05) is 29.0 Å². The maximum absolute atomic E-state index is 13.1. The Morgan fingerprint density at radius 1 is 0.811 bits per heavy atom. The quantitative estimate of drug-likeness (QED) is 0.287. The number of hydrogen-bond acceptors (Lipinski definition) is 8. The molecule has 0 amide bonds. The fourth-order valence-electron chi connectivity index (χ4n) is 4.86. The molecule has 1 heterocycles. The summed E-state index contributed by atoms with van der Waals surface area (Å²) in [6.45, 7) is 5.39. The molecule has 5 rings (SSSR count). The lowest BCUT2D eigenvalue weighted by molar-refractivity contribution is 0.284. The Bertz CT molecular complexity index is 1290. The van der Waals surface area contributed by atoms with Crippen LogP contribution >= 0.6 is 0 Å². The molecule has 2 aromatic carbocycles. The summed E-state index contributed by atoms with van der Waals surface area (Å²) in [6.07, 6.45) is 6.39. The van der Waals surface area contributed by atoms with Crippen LogP contribution in [0.4, 0.5) is 17.8 Å². The van der Waals surface area contributed by atoms with Crippen LogP contribution in [0.3, 0.4) is 0 Å². The van der Waals surface area contributed by atoms with E-state index in [0.29, 0.717) is 47.2 Å². The zero-order valence-electron chi connectivity index (χ0n) is 21.6. The monoisotopic (exact) mass is 523 g/mol. The van der Waals surface area contributed by atoms with Crippen molar-refractivity contribution in [3.63, 3.8) is 0 Å². The van der Waals surface area contributed by atoms with Crippen LogP contribution in [0.15, 0.2) is 47.4 Å². The van der Waals surface area contributed by atoms with E-state index in [4.69, 9.17) is 0 Å². The van der Waals surface area contributed by atoms with Gasteiger partial charge in [-0.05, 0) is 75.7 Å². The number of hydrogen-bond donors (Lipinski definition) is 4. The Kier molecular flexibility index (Phi) is 7.76. The zero-order valence-corrected chi connectivity index (χ0v) is 22.4. The van der Waals surface area contributed by atoms with Gasteiger partial charge in [-0.3, -0.25) is 0 Å². The van der Waals surface area contributed by atoms with E-state index >= 15 is 0 Å². The first kappa shape index (κ1) is 25.7. The maximum atomic E-state index is 13.1. The number of nitrogens with zero attached hydrogens (tertiary/aromatic N) is 3. The molecule has 0 bridgehead atoms. The number of anilines is 3. The molecular formula is C27H37N7O2S. The molecular weight excluding hydrogens is 486 g/mol. The molecule has 2 saturated carbocycles. The second-order valence-electron chi connectivity index (χ2n) is 10.6. The number of nitrogens with one attached hydrogen (secondary N) is 4. The van der Waals surface area contributed by atoms with E-state index < -0.39 is 10.0 Å². The molecule has 0 aliphatic heterocycles. The van der Waals surface area contributed by atoms with Gasteiger partial charge < -0.3 is 16.0 Å². The summed E-state index contributed by atoms with van der Waals surface area (Å²) in [7, 11) is -3.56. The van der Waals surface area contributed by atoms with Crippen LogP contribution < -0.4 is 20.7 Å². The van der Waals surface area contributed by atoms with Crippen LogP contribution in [0.25, 0.3) is 10.8 Å². The Labute approximate surface area is 219 Å². The molecule has 0 radical (unpaired) electrons. The van der Waals surface area contributed by atoms with Crippen LogP contribution in [0.5, 0.6) is 0 Å². The highest BCUT2D eigenvalue weighted by Crippen LogP contribution is 2.30. The summed E-state index contributed by atoms with van der Waals surface area (Å²) in [5, 5.41) is 11.7. The van der Waals surface area contributed by atoms with Crippen molar-refractivity contribution in [1.29, 1.82) is 0 Å². The molecule has 1 aromatic heterocycles. The molecule has 0 saturated heterocycles. The van der Waals surface area contributed by atoms with Gasteiger partial charge in [0.15, 0.2) is 0 Å². The topological polar surface area (TPSA) is 121 Å². The van der Waals surface area contributed by atoms with E-state index in [-0.39, 0.29) is 6.04 Å². The first-order valence-electron chi connectivity index (χ1n) is 13.4. The predicted octanol–water partition coefficient (Wildman–Crippen LogP) is 4.62. The number of rotatable bonds is 11. The first-order chi connectivity index (χ1) is 17.9. The average Bonchev–Trinajstić information content (AvgIpc) is 3.70. The highest BCUT2D eigenvalue weighted by Gasteiger charge is 2.25. The second kappa shape index (κ2) is 11.2. The minimum absolute atomic E-state index is 0.234. The highest BCUT2D eigenvalue weighted by molar-refractivity contribution is 7.89. The van der Waals surface area contributed by atoms with Crippen molar-refractivity contribution < 1.29 is 8.42 Å². The second-order valence-corrected chi connectivity index (χ2v) is 12.4. The molecule has 37 heavy (non-hydrogen) atoms. The summed E-state index contributed by atoms with van der Waals surface area (Å²) in [5.74, 6) is 2.63. The van der Waals surface area contributed by atoms with Crippen molar-refractivity contribution >= 4 is 38.6 Å². The van der Waals surface area contributed by atoms with Gasteiger partial charge in [-0.25, -0.2) is 13.1 Å². The van der Waals surface area contributed by atoms with Crippen molar-refractivity contribution in [2.45, 2.75) is 69.4 Å². The summed E-state index contributed by atoms with van der Waals surface area (Å²) in [5.41, 5.74) is 0. The van der Waals surface area contributed by atoms with Gasteiger partial charge >= 0.3 is 0 Å². The average molecular weight is 524 g/mol. The van der Waals surface area contributed by atoms with Gasteiger partial charge in [-0.1, -0.05) is 36.4 Å². The molecule has 9 nitrogen and oxygen atoms in total. The van der Waals surface area contributed by atoms with Gasteiger partial charge in [0.1, 0.15) is 0 Å². The molecule has 0 unspecified atom stereocenters. The Balaban J connectivity index is 1.12. The standard InChI is InChI=1S/C27H37N7O2S/c1-18(2)30-26-32-25(33-27(34-26)31-22-14-15-22)28-16-19-10-12-20(13-11-19)17-29-37(35,36)24-9-5-7-21-6-3-4-8-23(21)24/h3-9,18-20,22,29H,10-17H2,1-2H3,(H3,28,30,31,32,33,34). The minimum atomic E-state index is -3.56. The Hall–Kier alpha value is -2.98. The smallest absolute Gasteiger partial charge is 0.241 e. The fourth-order valence-corrected chi connectivity index (χ4v) is 6.21. The van der Waals surface area contributed by atoms with Crippen LogP contribution in [0.1, 0.15) is 52.4 Å². The number of aromatic nitrogens is 3. The third-order valence-electron chi connectivity index (χ3n) is 7.08. The van der Waals surface area contributed by atoms with E-state index in [2.05, 4.69) is 49.5 Å². The van der Waals surface area contributed by atoms with Gasteiger partial charge in [0.2, 0.25) is 27.9 Å². The maximum Gasteiger partial charge on any atom is 0.241 e. The lowest BCUT2D eigenvalue weighted by Gasteiger charge is -2.28. The normalized spacial score (nSPS) is 20.2.